The van der Waals surface area contributed by atoms with Crippen LogP contribution in [0.15, 0.2) is 24.3 Å². The van der Waals surface area contributed by atoms with Crippen molar-refractivity contribution < 1.29 is 4.79 Å². The molecule has 3 N–H and O–H groups in total. The van der Waals surface area contributed by atoms with Crippen LogP contribution in [0.4, 0.5) is 10.5 Å². The van der Waals surface area contributed by atoms with Crippen LogP contribution in [0.1, 0.15) is 18.9 Å². The van der Waals surface area contributed by atoms with Gasteiger partial charge < -0.3 is 5.32 Å². The van der Waals surface area contributed by atoms with Crippen LogP contribution in [0.25, 0.3) is 0 Å². The summed E-state index contributed by atoms with van der Waals surface area (Å²) in [4.78, 5) is 11.2. The Kier molecular flexibility index (Phi) is 4.47. The average Bonchev–Trinajstić information content (AvgIpc) is 2.25. The third-order valence-corrected chi connectivity index (χ3v) is 1.99. The Morgan fingerprint density at radius 3 is 2.73 bits per heavy atom. The Balaban J connectivity index is 2.37. The van der Waals surface area contributed by atoms with E-state index in [9.17, 15) is 4.79 Å². The average molecular weight is 207 g/mol. The van der Waals surface area contributed by atoms with Gasteiger partial charge in [0, 0.05) is 6.54 Å². The maximum Gasteiger partial charge on any atom is 0.333 e. The van der Waals surface area contributed by atoms with Gasteiger partial charge in [0.1, 0.15) is 0 Å². The van der Waals surface area contributed by atoms with E-state index in [1.54, 1.807) is 0 Å². The maximum absolute atomic E-state index is 11.2. The van der Waals surface area contributed by atoms with Crippen LogP contribution in [0.2, 0.25) is 0 Å². The molecule has 82 valence electrons. The molecule has 2 amide bonds. The lowest BCUT2D eigenvalue weighted by molar-refractivity contribution is 0.243. The van der Waals surface area contributed by atoms with Crippen molar-refractivity contribution in [3.8, 4) is 0 Å². The van der Waals surface area contributed by atoms with Gasteiger partial charge in [-0.3, -0.25) is 10.9 Å². The quantitative estimate of drug-likeness (QED) is 0.662. The van der Waals surface area contributed by atoms with Crippen LogP contribution < -0.4 is 16.2 Å². The smallest absolute Gasteiger partial charge is 0.333 e. The SMILES string of the molecule is CCCNC(=O)NNc1ccccc1C. The summed E-state index contributed by atoms with van der Waals surface area (Å²) in [6, 6.07) is 7.56. The summed E-state index contributed by atoms with van der Waals surface area (Å²) in [5.41, 5.74) is 7.43. The number of hydrazine groups is 1. The number of urea groups is 1. The molecular weight excluding hydrogens is 190 g/mol. The van der Waals surface area contributed by atoms with Crippen LogP contribution >= 0.6 is 0 Å². The topological polar surface area (TPSA) is 53.2 Å². The molecule has 0 spiro atoms. The third kappa shape index (κ3) is 3.89. The first-order valence-electron chi connectivity index (χ1n) is 5.09. The van der Waals surface area contributed by atoms with E-state index in [0.29, 0.717) is 6.54 Å². The Morgan fingerprint density at radius 1 is 1.33 bits per heavy atom. The summed E-state index contributed by atoms with van der Waals surface area (Å²) < 4.78 is 0. The first kappa shape index (κ1) is 11.4. The van der Waals surface area contributed by atoms with E-state index in [2.05, 4.69) is 16.2 Å². The van der Waals surface area contributed by atoms with Crippen molar-refractivity contribution in [3.63, 3.8) is 0 Å². The monoisotopic (exact) mass is 207 g/mol. The Labute approximate surface area is 90.0 Å². The van der Waals surface area contributed by atoms with Crippen molar-refractivity contribution in [1.82, 2.24) is 10.7 Å². The van der Waals surface area contributed by atoms with Gasteiger partial charge in [-0.1, -0.05) is 25.1 Å². The van der Waals surface area contributed by atoms with Gasteiger partial charge in [0.2, 0.25) is 0 Å². The highest BCUT2D eigenvalue weighted by molar-refractivity contribution is 5.75. The lowest BCUT2D eigenvalue weighted by atomic mass is 10.2. The number of carbonyl (C=O) groups excluding carboxylic acids is 1. The normalized spacial score (nSPS) is 9.47. The largest absolute Gasteiger partial charge is 0.337 e. The minimum atomic E-state index is -0.208. The first-order chi connectivity index (χ1) is 7.24. The van der Waals surface area contributed by atoms with Gasteiger partial charge in [-0.15, -0.1) is 0 Å². The van der Waals surface area contributed by atoms with Crippen LogP contribution in [0, 0.1) is 6.92 Å². The molecule has 0 fully saturated rings. The first-order valence-corrected chi connectivity index (χ1v) is 5.09. The number of aryl methyl sites for hydroxylation is 1. The molecule has 4 nitrogen and oxygen atoms in total. The molecule has 0 unspecified atom stereocenters. The van der Waals surface area contributed by atoms with Gasteiger partial charge >= 0.3 is 6.03 Å². The van der Waals surface area contributed by atoms with Gasteiger partial charge in [-0.25, -0.2) is 4.79 Å². The molecule has 0 aliphatic carbocycles. The Morgan fingerprint density at radius 2 is 2.07 bits per heavy atom. The van der Waals surface area contributed by atoms with Crippen molar-refractivity contribution in [3.05, 3.63) is 29.8 Å². The standard InChI is InChI=1S/C11H17N3O/c1-3-8-12-11(15)14-13-10-7-5-4-6-9(10)2/h4-7,13H,3,8H2,1-2H3,(H2,12,14,15). The second-order valence-corrected chi connectivity index (χ2v) is 3.32. The number of anilines is 1. The molecule has 0 radical (unpaired) electrons. The molecular formula is C11H17N3O. The minimum absolute atomic E-state index is 0.208. The van der Waals surface area contributed by atoms with Gasteiger partial charge in [-0.05, 0) is 25.0 Å². The molecule has 0 aliphatic heterocycles. The van der Waals surface area contributed by atoms with Gasteiger partial charge in [0.15, 0.2) is 0 Å². The fraction of sp³-hybridized carbons (Fsp3) is 0.364. The highest BCUT2D eigenvalue weighted by atomic mass is 16.2. The third-order valence-electron chi connectivity index (χ3n) is 1.99. The number of nitrogens with one attached hydrogen (secondary N) is 3. The highest BCUT2D eigenvalue weighted by Crippen LogP contribution is 2.11. The molecule has 0 heterocycles. The van der Waals surface area contributed by atoms with Crippen LogP contribution in [0.3, 0.4) is 0 Å². The zero-order valence-electron chi connectivity index (χ0n) is 9.13. The van der Waals surface area contributed by atoms with E-state index in [1.807, 2.05) is 38.1 Å². The fourth-order valence-electron chi connectivity index (χ4n) is 1.12. The number of para-hydroxylation sites is 1. The van der Waals surface area contributed by atoms with E-state index in [1.165, 1.54) is 0 Å². The van der Waals surface area contributed by atoms with Crippen molar-refractivity contribution in [1.29, 1.82) is 0 Å². The predicted molar refractivity (Wildman–Crippen MR) is 61.6 cm³/mol. The van der Waals surface area contributed by atoms with Crippen molar-refractivity contribution >= 4 is 11.7 Å². The zero-order valence-corrected chi connectivity index (χ0v) is 9.13. The lowest BCUT2D eigenvalue weighted by Gasteiger charge is -2.11. The summed E-state index contributed by atoms with van der Waals surface area (Å²) >= 11 is 0. The van der Waals surface area contributed by atoms with Crippen molar-refractivity contribution in [2.24, 2.45) is 0 Å². The second kappa shape index (κ2) is 5.90. The molecule has 4 heteroatoms. The van der Waals surface area contributed by atoms with Crippen LogP contribution in [-0.2, 0) is 0 Å². The van der Waals surface area contributed by atoms with Crippen LogP contribution in [-0.4, -0.2) is 12.6 Å². The van der Waals surface area contributed by atoms with Gasteiger partial charge in [0.25, 0.3) is 0 Å². The molecule has 0 saturated carbocycles. The minimum Gasteiger partial charge on any atom is -0.337 e. The molecule has 0 saturated heterocycles. The summed E-state index contributed by atoms with van der Waals surface area (Å²) in [5.74, 6) is 0. The summed E-state index contributed by atoms with van der Waals surface area (Å²) in [7, 11) is 0. The molecule has 1 rings (SSSR count). The van der Waals surface area contributed by atoms with Crippen molar-refractivity contribution in [2.75, 3.05) is 12.0 Å². The lowest BCUT2D eigenvalue weighted by Crippen LogP contribution is -2.39. The fourth-order valence-corrected chi connectivity index (χ4v) is 1.12. The van der Waals surface area contributed by atoms with E-state index < -0.39 is 0 Å². The molecule has 15 heavy (non-hydrogen) atoms. The summed E-state index contributed by atoms with van der Waals surface area (Å²) in [6.45, 7) is 4.67. The molecule has 1 aromatic carbocycles. The number of rotatable bonds is 4. The van der Waals surface area contributed by atoms with E-state index in [4.69, 9.17) is 0 Å². The van der Waals surface area contributed by atoms with Gasteiger partial charge in [-0.2, -0.15) is 0 Å². The molecule has 0 bridgehead atoms. The van der Waals surface area contributed by atoms with Gasteiger partial charge in [0.05, 0.1) is 5.69 Å². The predicted octanol–water partition coefficient (Wildman–Crippen LogP) is 2.03. The number of hydrogen-bond acceptors (Lipinski definition) is 2. The number of amides is 2. The second-order valence-electron chi connectivity index (χ2n) is 3.32. The highest BCUT2D eigenvalue weighted by Gasteiger charge is 1.99. The number of benzene rings is 1. The van der Waals surface area contributed by atoms with Crippen LogP contribution in [0.5, 0.6) is 0 Å². The van der Waals surface area contributed by atoms with Crippen molar-refractivity contribution in [2.45, 2.75) is 20.3 Å². The molecule has 1 aromatic rings. The number of hydrogen-bond donors (Lipinski definition) is 3. The molecule has 0 aromatic heterocycles. The zero-order chi connectivity index (χ0) is 11.1. The Hall–Kier alpha value is -1.71. The molecule has 0 atom stereocenters. The van der Waals surface area contributed by atoms with E-state index in [-0.39, 0.29) is 6.03 Å². The number of carbonyl (C=O) groups is 1. The maximum atomic E-state index is 11.2. The summed E-state index contributed by atoms with van der Waals surface area (Å²) in [6.07, 6.45) is 0.928. The van der Waals surface area contributed by atoms with E-state index >= 15 is 0 Å². The Bertz CT molecular complexity index is 325. The molecule has 0 aliphatic rings. The van der Waals surface area contributed by atoms with E-state index in [0.717, 1.165) is 17.7 Å². The summed E-state index contributed by atoms with van der Waals surface area (Å²) in [5, 5.41) is 2.71.